The van der Waals surface area contributed by atoms with Gasteiger partial charge in [-0.1, -0.05) is 0 Å². The van der Waals surface area contributed by atoms with Crippen molar-refractivity contribution in [1.29, 1.82) is 0 Å². The lowest BCUT2D eigenvalue weighted by atomic mass is 10.0. The number of aromatic nitrogens is 2. The highest BCUT2D eigenvalue weighted by molar-refractivity contribution is 5.94. The number of piperidine rings is 1. The van der Waals surface area contributed by atoms with Gasteiger partial charge in [0, 0.05) is 24.7 Å². The molecule has 4 rings (SSSR count). The first kappa shape index (κ1) is 16.6. The van der Waals surface area contributed by atoms with Crippen LogP contribution in [0.2, 0.25) is 0 Å². The topological polar surface area (TPSA) is 47.4 Å². The van der Waals surface area contributed by atoms with Crippen LogP contribution >= 0.6 is 0 Å². The summed E-state index contributed by atoms with van der Waals surface area (Å²) in [5.41, 5.74) is 2.27. The quantitative estimate of drug-likeness (QED) is 0.722. The number of hydrogen-bond acceptors (Lipinski definition) is 3. The Morgan fingerprint density at radius 2 is 1.88 bits per heavy atom. The fourth-order valence-electron chi connectivity index (χ4n) is 3.55. The molecule has 0 bridgehead atoms. The molecule has 1 amide bonds. The number of methoxy groups -OCH3 is 1. The number of nitrogens with zero attached hydrogens (tertiary/aromatic N) is 3. The van der Waals surface area contributed by atoms with Gasteiger partial charge in [0.15, 0.2) is 0 Å². The summed E-state index contributed by atoms with van der Waals surface area (Å²) in [5.74, 6) is 0.512. The van der Waals surface area contributed by atoms with Crippen molar-refractivity contribution < 1.29 is 13.9 Å². The van der Waals surface area contributed by atoms with E-state index in [0.29, 0.717) is 18.7 Å². The van der Waals surface area contributed by atoms with Crippen LogP contribution in [-0.2, 0) is 0 Å². The molecular formula is C20H20FN3O2. The Kier molecular flexibility index (Phi) is 4.32. The first-order chi connectivity index (χ1) is 12.7. The molecule has 1 aliphatic heterocycles. The number of imidazole rings is 1. The number of carbonyl (C=O) groups excluding carboxylic acids is 1. The number of benzene rings is 2. The van der Waals surface area contributed by atoms with E-state index >= 15 is 0 Å². The van der Waals surface area contributed by atoms with Crippen molar-refractivity contribution in [2.24, 2.45) is 0 Å². The predicted octanol–water partition coefficient (Wildman–Crippen LogP) is 3.66. The van der Waals surface area contributed by atoms with Crippen LogP contribution in [0.4, 0.5) is 4.39 Å². The minimum atomic E-state index is -0.258. The van der Waals surface area contributed by atoms with Gasteiger partial charge in [-0.2, -0.15) is 0 Å². The van der Waals surface area contributed by atoms with Crippen molar-refractivity contribution in [1.82, 2.24) is 14.5 Å². The normalized spacial score (nSPS) is 15.4. The van der Waals surface area contributed by atoms with E-state index in [1.54, 1.807) is 43.8 Å². The third kappa shape index (κ3) is 3.03. The third-order valence-electron chi connectivity index (χ3n) is 5.02. The highest BCUT2D eigenvalue weighted by Crippen LogP contribution is 2.28. The molecule has 6 heteroatoms. The van der Waals surface area contributed by atoms with Gasteiger partial charge in [0.1, 0.15) is 11.6 Å². The van der Waals surface area contributed by atoms with Gasteiger partial charge in [0.05, 0.1) is 24.5 Å². The molecule has 1 aliphatic rings. The molecule has 0 atom stereocenters. The van der Waals surface area contributed by atoms with E-state index in [0.717, 1.165) is 29.6 Å². The van der Waals surface area contributed by atoms with E-state index in [-0.39, 0.29) is 17.8 Å². The van der Waals surface area contributed by atoms with Crippen LogP contribution in [0.25, 0.3) is 11.0 Å². The maximum Gasteiger partial charge on any atom is 0.253 e. The summed E-state index contributed by atoms with van der Waals surface area (Å²) in [4.78, 5) is 18.9. The van der Waals surface area contributed by atoms with Gasteiger partial charge in [0.25, 0.3) is 5.91 Å². The van der Waals surface area contributed by atoms with Crippen LogP contribution in [-0.4, -0.2) is 40.6 Å². The van der Waals surface area contributed by atoms with E-state index < -0.39 is 0 Å². The van der Waals surface area contributed by atoms with Crippen molar-refractivity contribution in [3.05, 3.63) is 60.2 Å². The summed E-state index contributed by atoms with van der Waals surface area (Å²) in [6.07, 6.45) is 3.42. The van der Waals surface area contributed by atoms with E-state index in [4.69, 9.17) is 4.74 Å². The van der Waals surface area contributed by atoms with Crippen LogP contribution in [0.1, 0.15) is 29.2 Å². The van der Waals surface area contributed by atoms with Crippen molar-refractivity contribution in [3.8, 4) is 5.75 Å². The number of rotatable bonds is 3. The molecule has 0 unspecified atom stereocenters. The van der Waals surface area contributed by atoms with E-state index in [2.05, 4.69) is 4.98 Å². The Hall–Kier alpha value is -2.89. The van der Waals surface area contributed by atoms with Crippen molar-refractivity contribution in [3.63, 3.8) is 0 Å². The Morgan fingerprint density at radius 1 is 1.15 bits per heavy atom. The van der Waals surface area contributed by atoms with Gasteiger partial charge < -0.3 is 14.2 Å². The summed E-state index contributed by atoms with van der Waals surface area (Å²) >= 11 is 0. The van der Waals surface area contributed by atoms with E-state index in [1.165, 1.54) is 12.1 Å². The second-order valence-electron chi connectivity index (χ2n) is 6.54. The lowest BCUT2D eigenvalue weighted by Gasteiger charge is -2.33. The van der Waals surface area contributed by atoms with Crippen molar-refractivity contribution in [2.75, 3.05) is 20.2 Å². The van der Waals surface area contributed by atoms with Crippen LogP contribution in [0.5, 0.6) is 5.75 Å². The maximum atomic E-state index is 13.6. The Balaban J connectivity index is 1.46. The molecule has 134 valence electrons. The van der Waals surface area contributed by atoms with Gasteiger partial charge in [-0.15, -0.1) is 0 Å². The van der Waals surface area contributed by atoms with Gasteiger partial charge in [-0.25, -0.2) is 9.37 Å². The summed E-state index contributed by atoms with van der Waals surface area (Å²) in [7, 11) is 1.60. The first-order valence-corrected chi connectivity index (χ1v) is 8.71. The number of ether oxygens (including phenoxy) is 1. The van der Waals surface area contributed by atoms with Crippen molar-refractivity contribution in [2.45, 2.75) is 18.9 Å². The fraction of sp³-hybridized carbons (Fsp3) is 0.300. The lowest BCUT2D eigenvalue weighted by Crippen LogP contribution is -2.39. The summed E-state index contributed by atoms with van der Waals surface area (Å²) < 4.78 is 20.7. The maximum absolute atomic E-state index is 13.6. The Labute approximate surface area is 151 Å². The minimum Gasteiger partial charge on any atom is -0.497 e. The van der Waals surface area contributed by atoms with Gasteiger partial charge in [-0.3, -0.25) is 4.79 Å². The monoisotopic (exact) mass is 353 g/mol. The molecule has 1 saturated heterocycles. The number of hydrogen-bond donors (Lipinski definition) is 0. The third-order valence-corrected chi connectivity index (χ3v) is 5.02. The predicted molar refractivity (Wildman–Crippen MR) is 96.9 cm³/mol. The molecule has 0 aliphatic carbocycles. The molecule has 1 fully saturated rings. The first-order valence-electron chi connectivity index (χ1n) is 8.71. The van der Waals surface area contributed by atoms with E-state index in [1.807, 2.05) is 9.47 Å². The minimum absolute atomic E-state index is 0.0348. The zero-order chi connectivity index (χ0) is 18.1. The zero-order valence-electron chi connectivity index (χ0n) is 14.6. The average Bonchev–Trinajstić information content (AvgIpc) is 3.10. The van der Waals surface area contributed by atoms with Crippen LogP contribution in [0.15, 0.2) is 48.8 Å². The smallest absolute Gasteiger partial charge is 0.253 e. The molecule has 0 saturated carbocycles. The molecule has 0 N–H and O–H groups in total. The highest BCUT2D eigenvalue weighted by atomic mass is 19.1. The van der Waals surface area contributed by atoms with Gasteiger partial charge in [0.2, 0.25) is 0 Å². The number of likely N-dealkylation sites (tertiary alicyclic amines) is 1. The Morgan fingerprint density at radius 3 is 2.58 bits per heavy atom. The van der Waals surface area contributed by atoms with Crippen molar-refractivity contribution >= 4 is 16.9 Å². The van der Waals surface area contributed by atoms with Gasteiger partial charge >= 0.3 is 0 Å². The molecule has 0 spiro atoms. The molecule has 5 nitrogen and oxygen atoms in total. The number of halogens is 1. The largest absolute Gasteiger partial charge is 0.497 e. The lowest BCUT2D eigenvalue weighted by molar-refractivity contribution is 0.0696. The molecular weight excluding hydrogens is 333 g/mol. The molecule has 2 heterocycles. The highest BCUT2D eigenvalue weighted by Gasteiger charge is 2.25. The summed E-state index contributed by atoms with van der Waals surface area (Å²) in [5, 5.41) is 0. The number of fused-ring (bicyclic) bond motifs is 1. The number of carbonyl (C=O) groups is 1. The molecule has 0 radical (unpaired) electrons. The average molecular weight is 353 g/mol. The molecule has 26 heavy (non-hydrogen) atoms. The van der Waals surface area contributed by atoms with Crippen LogP contribution in [0.3, 0.4) is 0 Å². The van der Waals surface area contributed by atoms with Gasteiger partial charge in [-0.05, 0) is 55.3 Å². The molecule has 1 aromatic heterocycles. The summed E-state index contributed by atoms with van der Waals surface area (Å²) in [6.45, 7) is 1.34. The second kappa shape index (κ2) is 6.78. The summed E-state index contributed by atoms with van der Waals surface area (Å²) in [6, 6.07) is 12.1. The molecule has 3 aromatic rings. The number of amides is 1. The molecule has 2 aromatic carbocycles. The standard InChI is InChI=1S/C20H20FN3O2/c1-26-17-5-2-14(3-6-17)20(25)23-10-8-16(9-11-23)24-13-22-18-7-4-15(21)12-19(18)24/h2-7,12-13,16H,8-11H2,1H3. The van der Waals surface area contributed by atoms with Crippen LogP contribution < -0.4 is 4.74 Å². The SMILES string of the molecule is COc1ccc(C(=O)N2CCC(n3cnc4ccc(F)cc43)CC2)cc1. The fourth-order valence-corrected chi connectivity index (χ4v) is 3.55. The zero-order valence-corrected chi connectivity index (χ0v) is 14.6. The van der Waals surface area contributed by atoms with Crippen LogP contribution in [0, 0.1) is 5.82 Å². The van der Waals surface area contributed by atoms with E-state index in [9.17, 15) is 9.18 Å². The Bertz CT molecular complexity index is 928. The second-order valence-corrected chi connectivity index (χ2v) is 6.54.